The van der Waals surface area contributed by atoms with Gasteiger partial charge in [-0.15, -0.1) is 0 Å². The Morgan fingerprint density at radius 1 is 1.12 bits per heavy atom. The van der Waals surface area contributed by atoms with Gasteiger partial charge in [0.25, 0.3) is 5.91 Å². The lowest BCUT2D eigenvalue weighted by atomic mass is 10.1. The summed E-state index contributed by atoms with van der Waals surface area (Å²) in [4.78, 5) is 15.5. The summed E-state index contributed by atoms with van der Waals surface area (Å²) in [6.45, 7) is 3.24. The van der Waals surface area contributed by atoms with E-state index in [2.05, 4.69) is 0 Å². The summed E-state index contributed by atoms with van der Waals surface area (Å²) in [5.41, 5.74) is -1.11. The van der Waals surface area contributed by atoms with Crippen LogP contribution in [0.4, 0.5) is 13.2 Å². The third kappa shape index (κ3) is 5.27. The molecule has 0 aromatic heterocycles. The van der Waals surface area contributed by atoms with E-state index in [1.807, 2.05) is 0 Å². The monoisotopic (exact) mass is 364 g/mol. The zero-order valence-corrected chi connectivity index (χ0v) is 14.3. The van der Waals surface area contributed by atoms with E-state index in [9.17, 15) is 18.0 Å². The number of piperazine rings is 1. The van der Waals surface area contributed by atoms with Crippen LogP contribution in [0.15, 0.2) is 24.3 Å². The first kappa shape index (κ1) is 18.9. The van der Waals surface area contributed by atoms with Crippen LogP contribution in [0.5, 0.6) is 5.75 Å². The topological polar surface area (TPSA) is 32.8 Å². The molecule has 1 aromatic rings. The van der Waals surface area contributed by atoms with Crippen LogP contribution in [0, 0.1) is 0 Å². The lowest BCUT2D eigenvalue weighted by molar-refractivity contribution is -0.156. The Balaban J connectivity index is 1.92. The molecule has 134 valence electrons. The van der Waals surface area contributed by atoms with Crippen molar-refractivity contribution in [3.05, 3.63) is 29.3 Å². The minimum absolute atomic E-state index is 0.197. The quantitative estimate of drug-likeness (QED) is 0.822. The molecular weight excluding hydrogens is 345 g/mol. The lowest BCUT2D eigenvalue weighted by Crippen LogP contribution is -2.56. The normalized spacial score (nSPS) is 17.0. The van der Waals surface area contributed by atoms with Gasteiger partial charge in [-0.3, -0.25) is 9.69 Å². The number of alkyl halides is 3. The fourth-order valence-electron chi connectivity index (χ4n) is 2.58. The minimum Gasteiger partial charge on any atom is -0.478 e. The zero-order valence-electron chi connectivity index (χ0n) is 13.6. The van der Waals surface area contributed by atoms with E-state index in [0.717, 1.165) is 0 Å². The highest BCUT2D eigenvalue weighted by Gasteiger charge is 2.37. The average Bonchev–Trinajstić information content (AvgIpc) is 2.48. The number of halogens is 4. The summed E-state index contributed by atoms with van der Waals surface area (Å²) < 4.78 is 42.9. The largest absolute Gasteiger partial charge is 0.478 e. The van der Waals surface area contributed by atoms with Crippen LogP contribution in [0.3, 0.4) is 0 Å². The Morgan fingerprint density at radius 3 is 2.17 bits per heavy atom. The van der Waals surface area contributed by atoms with Crippen molar-refractivity contribution in [1.29, 1.82) is 0 Å². The molecule has 4 nitrogen and oxygen atoms in total. The summed E-state index contributed by atoms with van der Waals surface area (Å²) in [7, 11) is 0. The summed E-state index contributed by atoms with van der Waals surface area (Å²) in [5, 5.41) is 0.562. The van der Waals surface area contributed by atoms with Gasteiger partial charge < -0.3 is 9.64 Å². The second-order valence-corrected chi connectivity index (χ2v) is 6.69. The third-order valence-electron chi connectivity index (χ3n) is 3.76. The molecule has 0 aliphatic carbocycles. The van der Waals surface area contributed by atoms with Crippen molar-refractivity contribution in [3.8, 4) is 5.75 Å². The summed E-state index contributed by atoms with van der Waals surface area (Å²) in [6, 6.07) is 6.65. The van der Waals surface area contributed by atoms with E-state index in [-0.39, 0.29) is 32.1 Å². The maximum atomic E-state index is 12.6. The van der Waals surface area contributed by atoms with Gasteiger partial charge in [-0.1, -0.05) is 11.6 Å². The Labute approximate surface area is 144 Å². The molecule has 1 aromatic carbocycles. The van der Waals surface area contributed by atoms with Gasteiger partial charge in [0.15, 0.2) is 5.60 Å². The number of amides is 1. The zero-order chi connectivity index (χ0) is 18.0. The SMILES string of the molecule is CC(C)(Oc1ccc(Cl)cc1)C(=O)N1CCN(CC(F)(F)F)CC1. The van der Waals surface area contributed by atoms with Crippen molar-refractivity contribution in [2.45, 2.75) is 25.6 Å². The second kappa shape index (κ2) is 7.19. The van der Waals surface area contributed by atoms with Gasteiger partial charge in [0.1, 0.15) is 5.75 Å². The minimum atomic E-state index is -4.22. The van der Waals surface area contributed by atoms with Gasteiger partial charge in [0.2, 0.25) is 0 Å². The standard InChI is InChI=1S/C16H20ClF3N2O2/c1-15(2,24-13-5-3-12(17)4-6-13)14(23)22-9-7-21(8-10-22)11-16(18,19)20/h3-6H,7-11H2,1-2H3. The van der Waals surface area contributed by atoms with Crippen molar-refractivity contribution in [3.63, 3.8) is 0 Å². The smallest absolute Gasteiger partial charge is 0.401 e. The molecule has 2 rings (SSSR count). The Kier molecular flexibility index (Phi) is 5.65. The molecule has 1 saturated heterocycles. The first-order valence-electron chi connectivity index (χ1n) is 7.60. The highest BCUT2D eigenvalue weighted by Crippen LogP contribution is 2.23. The molecular formula is C16H20ClF3N2O2. The fraction of sp³-hybridized carbons (Fsp3) is 0.562. The number of benzene rings is 1. The van der Waals surface area contributed by atoms with Crippen molar-refractivity contribution >= 4 is 17.5 Å². The number of ether oxygens (including phenoxy) is 1. The van der Waals surface area contributed by atoms with Gasteiger partial charge in [0.05, 0.1) is 6.54 Å². The molecule has 1 aliphatic rings. The second-order valence-electron chi connectivity index (χ2n) is 6.25. The molecule has 0 spiro atoms. The molecule has 1 amide bonds. The lowest BCUT2D eigenvalue weighted by Gasteiger charge is -2.38. The van der Waals surface area contributed by atoms with Crippen LogP contribution in [0.2, 0.25) is 5.02 Å². The highest BCUT2D eigenvalue weighted by atomic mass is 35.5. The summed E-state index contributed by atoms with van der Waals surface area (Å²) in [6.07, 6.45) is -4.22. The Morgan fingerprint density at radius 2 is 1.67 bits per heavy atom. The van der Waals surface area contributed by atoms with Crippen molar-refractivity contribution in [1.82, 2.24) is 9.80 Å². The number of hydrogen-bond donors (Lipinski definition) is 0. The molecule has 1 fully saturated rings. The molecule has 0 radical (unpaired) electrons. The number of nitrogens with zero attached hydrogens (tertiary/aromatic N) is 2. The summed E-state index contributed by atoms with van der Waals surface area (Å²) in [5.74, 6) is 0.262. The van der Waals surface area contributed by atoms with Crippen molar-refractivity contribution < 1.29 is 22.7 Å². The summed E-state index contributed by atoms with van der Waals surface area (Å²) >= 11 is 5.81. The van der Waals surface area contributed by atoms with Gasteiger partial charge >= 0.3 is 6.18 Å². The molecule has 0 N–H and O–H groups in total. The van der Waals surface area contributed by atoms with Crippen LogP contribution in [0.1, 0.15) is 13.8 Å². The maximum absolute atomic E-state index is 12.6. The van der Waals surface area contributed by atoms with Gasteiger partial charge in [0, 0.05) is 31.2 Å². The maximum Gasteiger partial charge on any atom is 0.401 e. The van der Waals surface area contributed by atoms with Crippen LogP contribution < -0.4 is 4.74 Å². The van der Waals surface area contributed by atoms with E-state index in [1.165, 1.54) is 4.90 Å². The molecule has 0 unspecified atom stereocenters. The van der Waals surface area contributed by atoms with Crippen LogP contribution in [-0.4, -0.2) is 60.2 Å². The van der Waals surface area contributed by atoms with E-state index < -0.39 is 18.3 Å². The molecule has 0 saturated carbocycles. The van der Waals surface area contributed by atoms with Gasteiger partial charge in [-0.25, -0.2) is 0 Å². The van der Waals surface area contributed by atoms with Crippen LogP contribution in [-0.2, 0) is 4.79 Å². The van der Waals surface area contributed by atoms with Crippen LogP contribution in [0.25, 0.3) is 0 Å². The number of hydrogen-bond acceptors (Lipinski definition) is 3. The number of carbonyl (C=O) groups is 1. The molecule has 8 heteroatoms. The Hall–Kier alpha value is -1.47. The van der Waals surface area contributed by atoms with Crippen molar-refractivity contribution in [2.24, 2.45) is 0 Å². The van der Waals surface area contributed by atoms with E-state index in [4.69, 9.17) is 16.3 Å². The average molecular weight is 365 g/mol. The Bertz CT molecular complexity index is 568. The predicted molar refractivity (Wildman–Crippen MR) is 85.2 cm³/mol. The first-order valence-corrected chi connectivity index (χ1v) is 7.98. The highest BCUT2D eigenvalue weighted by molar-refractivity contribution is 6.30. The molecule has 1 heterocycles. The van der Waals surface area contributed by atoms with Gasteiger partial charge in [-0.05, 0) is 38.1 Å². The van der Waals surface area contributed by atoms with Crippen LogP contribution >= 0.6 is 11.6 Å². The predicted octanol–water partition coefficient (Wildman–Crippen LogP) is 3.20. The third-order valence-corrected chi connectivity index (χ3v) is 4.02. The fourth-order valence-corrected chi connectivity index (χ4v) is 2.71. The number of rotatable bonds is 4. The van der Waals surface area contributed by atoms with E-state index in [0.29, 0.717) is 10.8 Å². The van der Waals surface area contributed by atoms with E-state index >= 15 is 0 Å². The van der Waals surface area contributed by atoms with Crippen molar-refractivity contribution in [2.75, 3.05) is 32.7 Å². The molecule has 0 atom stereocenters. The molecule has 0 bridgehead atoms. The van der Waals surface area contributed by atoms with Gasteiger partial charge in [-0.2, -0.15) is 13.2 Å². The molecule has 24 heavy (non-hydrogen) atoms. The van der Waals surface area contributed by atoms with E-state index in [1.54, 1.807) is 43.0 Å². The first-order chi connectivity index (χ1) is 11.1. The number of carbonyl (C=O) groups excluding carboxylic acids is 1. The molecule has 1 aliphatic heterocycles.